The smallest absolute Gasteiger partial charge is 0.382 e. The number of aliphatic hydroxyl groups is 1. The van der Waals surface area contributed by atoms with E-state index in [1.54, 1.807) is 24.5 Å². The van der Waals surface area contributed by atoms with Crippen molar-refractivity contribution in [3.8, 4) is 22.5 Å². The van der Waals surface area contributed by atoms with Gasteiger partial charge in [-0.3, -0.25) is 18.9 Å². The van der Waals surface area contributed by atoms with Gasteiger partial charge in [0.15, 0.2) is 11.6 Å². The average molecular weight is 556 g/mol. The molecule has 3 aromatic heterocycles. The van der Waals surface area contributed by atoms with Crippen LogP contribution < -0.4 is 11.3 Å². The minimum Gasteiger partial charge on any atom is -0.382 e. The maximum Gasteiger partial charge on any atom is 0.439 e. The molecule has 5 aromatic rings. The zero-order valence-electron chi connectivity index (χ0n) is 23.6. The van der Waals surface area contributed by atoms with Crippen molar-refractivity contribution >= 4 is 0 Å². The van der Waals surface area contributed by atoms with Gasteiger partial charge in [0, 0.05) is 35.7 Å². The summed E-state index contributed by atoms with van der Waals surface area (Å²) in [5.41, 5.74) is 4.03. The minimum atomic E-state index is -1.16. The van der Waals surface area contributed by atoms with Gasteiger partial charge in [0.05, 0.1) is 12.2 Å². The molecule has 0 aliphatic rings. The number of H-pyrrole nitrogens is 1. The van der Waals surface area contributed by atoms with E-state index in [-0.39, 0.29) is 12.0 Å². The monoisotopic (exact) mass is 555 g/mol. The fraction of sp³-hybridized carbons (Fsp3) is 0.323. The van der Waals surface area contributed by atoms with E-state index < -0.39 is 11.4 Å². The maximum atomic E-state index is 13.8. The van der Waals surface area contributed by atoms with Crippen LogP contribution in [0.15, 0.2) is 73.2 Å². The molecule has 2 aromatic carbocycles. The fourth-order valence-electron chi connectivity index (χ4n) is 4.77. The SMILES string of the molecule is CCCCc1nc(C)c(Cc2cc(C(C)(C)O)on2)c(=O)n1Cc1ccc(-c2ccccc2-c2noc(=O)[nH]2)cc1. The number of aromatic amines is 1. The van der Waals surface area contributed by atoms with E-state index in [9.17, 15) is 14.7 Å². The van der Waals surface area contributed by atoms with Crippen LogP contribution in [0.5, 0.6) is 0 Å². The Hall–Kier alpha value is -4.57. The van der Waals surface area contributed by atoms with E-state index in [0.29, 0.717) is 41.5 Å². The molecule has 0 saturated carbocycles. The van der Waals surface area contributed by atoms with Crippen LogP contribution in [0, 0.1) is 6.92 Å². The highest BCUT2D eigenvalue weighted by atomic mass is 16.5. The van der Waals surface area contributed by atoms with Gasteiger partial charge >= 0.3 is 5.76 Å². The summed E-state index contributed by atoms with van der Waals surface area (Å²) in [6.45, 7) is 7.57. The summed E-state index contributed by atoms with van der Waals surface area (Å²) in [4.78, 5) is 32.8. The molecule has 0 saturated heterocycles. The fourth-order valence-corrected chi connectivity index (χ4v) is 4.77. The quantitative estimate of drug-likeness (QED) is 0.251. The van der Waals surface area contributed by atoms with Crippen LogP contribution in [0.2, 0.25) is 0 Å². The summed E-state index contributed by atoms with van der Waals surface area (Å²) in [6, 6.07) is 17.2. The second kappa shape index (κ2) is 11.5. The van der Waals surface area contributed by atoms with Crippen molar-refractivity contribution < 1.29 is 14.2 Å². The molecule has 0 bridgehead atoms. The Balaban J connectivity index is 1.47. The lowest BCUT2D eigenvalue weighted by molar-refractivity contribution is 0.0475. The molecule has 10 nitrogen and oxygen atoms in total. The van der Waals surface area contributed by atoms with Crippen molar-refractivity contribution in [1.29, 1.82) is 0 Å². The average Bonchev–Trinajstić information content (AvgIpc) is 3.61. The molecule has 0 atom stereocenters. The van der Waals surface area contributed by atoms with E-state index in [4.69, 9.17) is 14.0 Å². The Kier molecular flexibility index (Phi) is 7.85. The Labute approximate surface area is 236 Å². The third-order valence-electron chi connectivity index (χ3n) is 7.05. The molecule has 10 heteroatoms. The van der Waals surface area contributed by atoms with E-state index in [1.807, 2.05) is 55.5 Å². The highest BCUT2D eigenvalue weighted by Crippen LogP contribution is 2.30. The number of benzene rings is 2. The van der Waals surface area contributed by atoms with Gasteiger partial charge in [0.1, 0.15) is 11.4 Å². The number of aromatic nitrogens is 5. The number of aryl methyl sites for hydroxylation is 2. The van der Waals surface area contributed by atoms with Crippen LogP contribution >= 0.6 is 0 Å². The summed E-state index contributed by atoms with van der Waals surface area (Å²) >= 11 is 0. The van der Waals surface area contributed by atoms with Crippen molar-refractivity contribution in [2.45, 2.75) is 65.5 Å². The second-order valence-electron chi connectivity index (χ2n) is 10.7. The van der Waals surface area contributed by atoms with Gasteiger partial charge in [0.2, 0.25) is 0 Å². The van der Waals surface area contributed by atoms with Crippen LogP contribution in [0.25, 0.3) is 22.5 Å². The van der Waals surface area contributed by atoms with Crippen LogP contribution in [-0.2, 0) is 25.0 Å². The third kappa shape index (κ3) is 6.12. The van der Waals surface area contributed by atoms with Gasteiger partial charge < -0.3 is 9.63 Å². The first-order valence-corrected chi connectivity index (χ1v) is 13.7. The van der Waals surface area contributed by atoms with E-state index in [0.717, 1.165) is 40.9 Å². The largest absolute Gasteiger partial charge is 0.439 e. The van der Waals surface area contributed by atoms with E-state index in [2.05, 4.69) is 22.2 Å². The summed E-state index contributed by atoms with van der Waals surface area (Å²) in [7, 11) is 0. The molecule has 0 aliphatic heterocycles. The number of unbranched alkanes of at least 4 members (excludes halogenated alkanes) is 1. The number of nitrogens with one attached hydrogen (secondary N) is 1. The second-order valence-corrected chi connectivity index (χ2v) is 10.7. The van der Waals surface area contributed by atoms with E-state index in [1.165, 1.54) is 0 Å². The molecule has 0 aliphatic carbocycles. The summed E-state index contributed by atoms with van der Waals surface area (Å²) in [5.74, 6) is 0.845. The zero-order chi connectivity index (χ0) is 29.1. The van der Waals surface area contributed by atoms with Gasteiger partial charge in [-0.05, 0) is 43.9 Å². The summed E-state index contributed by atoms with van der Waals surface area (Å²) in [5, 5.41) is 18.1. The van der Waals surface area contributed by atoms with Crippen LogP contribution in [-0.4, -0.2) is 30.0 Å². The van der Waals surface area contributed by atoms with Crippen LogP contribution in [0.4, 0.5) is 0 Å². The molecule has 0 unspecified atom stereocenters. The highest BCUT2D eigenvalue weighted by Gasteiger charge is 2.23. The van der Waals surface area contributed by atoms with Gasteiger partial charge in [-0.25, -0.2) is 9.78 Å². The maximum absolute atomic E-state index is 13.8. The lowest BCUT2D eigenvalue weighted by atomic mass is 9.98. The predicted octanol–water partition coefficient (Wildman–Crippen LogP) is 4.76. The molecule has 212 valence electrons. The zero-order valence-corrected chi connectivity index (χ0v) is 23.6. The number of nitrogens with zero attached hydrogens (tertiary/aromatic N) is 4. The first kappa shape index (κ1) is 28.0. The first-order chi connectivity index (χ1) is 19.6. The standard InChI is InChI=1S/C31H33N5O5/c1-5-6-11-27-32-19(2)25(16-22-17-26(40-34-22)31(3,4)39)29(37)36(27)18-20-12-14-21(15-13-20)23-9-7-8-10-24(23)28-33-30(38)41-35-28/h7-10,12-15,17,39H,5-6,11,16,18H2,1-4H3,(H,33,35,38). The van der Waals surface area contributed by atoms with Crippen molar-refractivity contribution in [1.82, 2.24) is 24.8 Å². The Morgan fingerprint density at radius 3 is 2.37 bits per heavy atom. The molecule has 0 spiro atoms. The van der Waals surface area contributed by atoms with Gasteiger partial charge in [-0.1, -0.05) is 72.2 Å². The van der Waals surface area contributed by atoms with Crippen molar-refractivity contribution in [3.05, 3.63) is 110 Å². The molecular formula is C31H33N5O5. The van der Waals surface area contributed by atoms with Crippen molar-refractivity contribution in [3.63, 3.8) is 0 Å². The normalized spacial score (nSPS) is 11.7. The van der Waals surface area contributed by atoms with Crippen molar-refractivity contribution in [2.24, 2.45) is 0 Å². The van der Waals surface area contributed by atoms with Gasteiger partial charge in [-0.15, -0.1) is 0 Å². The Morgan fingerprint density at radius 2 is 1.73 bits per heavy atom. The Morgan fingerprint density at radius 1 is 1.00 bits per heavy atom. The molecule has 3 heterocycles. The van der Waals surface area contributed by atoms with Crippen LogP contribution in [0.3, 0.4) is 0 Å². The molecule has 0 amide bonds. The molecular weight excluding hydrogens is 522 g/mol. The lowest BCUT2D eigenvalue weighted by Crippen LogP contribution is -2.30. The molecule has 0 radical (unpaired) electrons. The molecule has 5 rings (SSSR count). The molecule has 0 fully saturated rings. The molecule has 41 heavy (non-hydrogen) atoms. The van der Waals surface area contributed by atoms with E-state index >= 15 is 0 Å². The minimum absolute atomic E-state index is 0.110. The third-order valence-corrected chi connectivity index (χ3v) is 7.05. The van der Waals surface area contributed by atoms with Crippen LogP contribution in [0.1, 0.15) is 67.7 Å². The first-order valence-electron chi connectivity index (χ1n) is 13.7. The lowest BCUT2D eigenvalue weighted by Gasteiger charge is -2.16. The predicted molar refractivity (Wildman–Crippen MR) is 153 cm³/mol. The topological polar surface area (TPSA) is 140 Å². The summed E-state index contributed by atoms with van der Waals surface area (Å²) in [6.07, 6.45) is 2.86. The Bertz CT molecular complexity index is 1770. The van der Waals surface area contributed by atoms with Gasteiger partial charge in [0.25, 0.3) is 5.56 Å². The summed E-state index contributed by atoms with van der Waals surface area (Å²) < 4.78 is 11.8. The number of rotatable bonds is 10. The highest BCUT2D eigenvalue weighted by molar-refractivity contribution is 5.80. The number of hydrogen-bond acceptors (Lipinski definition) is 8. The van der Waals surface area contributed by atoms with Crippen molar-refractivity contribution in [2.75, 3.05) is 0 Å². The molecule has 2 N–H and O–H groups in total. The van der Waals surface area contributed by atoms with Gasteiger partial charge in [-0.2, -0.15) is 0 Å². The number of hydrogen-bond donors (Lipinski definition) is 2.